The fourth-order valence-corrected chi connectivity index (χ4v) is 4.65. The molecule has 2 amide bonds. The molecule has 1 spiro atoms. The molecule has 3 heterocycles. The molecule has 0 bridgehead atoms. The Kier molecular flexibility index (Phi) is 4.97. The van der Waals surface area contributed by atoms with Gasteiger partial charge in [0.1, 0.15) is 11.5 Å². The molecular weight excluding hydrogens is 362 g/mol. The molecule has 2 aliphatic heterocycles. The van der Waals surface area contributed by atoms with Gasteiger partial charge in [0.05, 0.1) is 23.4 Å². The van der Waals surface area contributed by atoms with Gasteiger partial charge in [-0.1, -0.05) is 18.2 Å². The SMILES string of the molecule is Cc1ncsc1C(=O)N1CCCC2(CC1)CN(c1ccccc1)C(=O)CO2. The van der Waals surface area contributed by atoms with Crippen molar-refractivity contribution in [3.63, 3.8) is 0 Å². The minimum Gasteiger partial charge on any atom is -0.363 e. The van der Waals surface area contributed by atoms with Gasteiger partial charge in [-0.15, -0.1) is 11.3 Å². The van der Waals surface area contributed by atoms with E-state index < -0.39 is 0 Å². The fourth-order valence-electron chi connectivity index (χ4n) is 3.88. The van der Waals surface area contributed by atoms with E-state index in [1.165, 1.54) is 11.3 Å². The number of anilines is 1. The topological polar surface area (TPSA) is 62.7 Å². The maximum Gasteiger partial charge on any atom is 0.265 e. The first kappa shape index (κ1) is 18.1. The van der Waals surface area contributed by atoms with Crippen molar-refractivity contribution in [1.29, 1.82) is 0 Å². The molecule has 0 saturated carbocycles. The first-order valence-corrected chi connectivity index (χ1v) is 10.1. The number of morpholine rings is 1. The lowest BCUT2D eigenvalue weighted by Gasteiger charge is -2.42. The number of nitrogens with zero attached hydrogens (tertiary/aromatic N) is 3. The predicted octanol–water partition coefficient (Wildman–Crippen LogP) is 2.88. The summed E-state index contributed by atoms with van der Waals surface area (Å²) >= 11 is 1.40. The molecule has 0 N–H and O–H groups in total. The normalized spacial score (nSPS) is 23.5. The van der Waals surface area contributed by atoms with Gasteiger partial charge in [0.25, 0.3) is 11.8 Å². The van der Waals surface area contributed by atoms with Crippen molar-refractivity contribution in [2.75, 3.05) is 31.1 Å². The van der Waals surface area contributed by atoms with Crippen LogP contribution in [-0.4, -0.2) is 53.5 Å². The zero-order valence-electron chi connectivity index (χ0n) is 15.4. The molecule has 2 aliphatic rings. The van der Waals surface area contributed by atoms with Crippen molar-refractivity contribution < 1.29 is 14.3 Å². The van der Waals surface area contributed by atoms with Crippen molar-refractivity contribution in [3.8, 4) is 0 Å². The summed E-state index contributed by atoms with van der Waals surface area (Å²) < 4.78 is 6.05. The largest absolute Gasteiger partial charge is 0.363 e. The van der Waals surface area contributed by atoms with Gasteiger partial charge in [0.15, 0.2) is 0 Å². The third-order valence-electron chi connectivity index (χ3n) is 5.44. The van der Waals surface area contributed by atoms with Crippen LogP contribution in [0.5, 0.6) is 0 Å². The number of carbonyl (C=O) groups excluding carboxylic acids is 2. The summed E-state index contributed by atoms with van der Waals surface area (Å²) in [4.78, 5) is 33.9. The van der Waals surface area contributed by atoms with Gasteiger partial charge in [-0.2, -0.15) is 0 Å². The summed E-state index contributed by atoms with van der Waals surface area (Å²) in [6, 6.07) is 9.73. The highest BCUT2D eigenvalue weighted by molar-refractivity contribution is 7.11. The quantitative estimate of drug-likeness (QED) is 0.797. The summed E-state index contributed by atoms with van der Waals surface area (Å²) in [5.74, 6) is 0.0446. The number of para-hydroxylation sites is 1. The number of carbonyl (C=O) groups is 2. The molecule has 0 radical (unpaired) electrons. The van der Waals surface area contributed by atoms with Crippen LogP contribution in [-0.2, 0) is 9.53 Å². The molecule has 1 unspecified atom stereocenters. The van der Waals surface area contributed by atoms with Crippen molar-refractivity contribution in [3.05, 3.63) is 46.4 Å². The van der Waals surface area contributed by atoms with Gasteiger partial charge in [-0.05, 0) is 38.3 Å². The number of amides is 2. The van der Waals surface area contributed by atoms with E-state index in [0.29, 0.717) is 19.6 Å². The first-order chi connectivity index (χ1) is 13.1. The zero-order chi connectivity index (χ0) is 18.9. The Labute approximate surface area is 162 Å². The van der Waals surface area contributed by atoms with E-state index in [4.69, 9.17) is 4.74 Å². The number of aromatic nitrogens is 1. The Morgan fingerprint density at radius 2 is 2.04 bits per heavy atom. The Hall–Kier alpha value is -2.25. The molecule has 142 valence electrons. The lowest BCUT2D eigenvalue weighted by molar-refractivity contribution is -0.140. The molecule has 2 aromatic rings. The van der Waals surface area contributed by atoms with E-state index in [1.54, 1.807) is 5.51 Å². The Morgan fingerprint density at radius 3 is 2.78 bits per heavy atom. The third-order valence-corrected chi connectivity index (χ3v) is 6.36. The second-order valence-corrected chi connectivity index (χ2v) is 8.05. The molecule has 4 rings (SSSR count). The van der Waals surface area contributed by atoms with E-state index in [1.807, 2.05) is 47.1 Å². The van der Waals surface area contributed by atoms with Crippen molar-refractivity contribution in [2.24, 2.45) is 0 Å². The maximum atomic E-state index is 12.8. The van der Waals surface area contributed by atoms with Gasteiger partial charge in [0, 0.05) is 18.8 Å². The maximum absolute atomic E-state index is 12.8. The van der Waals surface area contributed by atoms with Crippen LogP contribution in [0.3, 0.4) is 0 Å². The third kappa shape index (κ3) is 3.61. The average Bonchev–Trinajstić information content (AvgIpc) is 3.01. The highest BCUT2D eigenvalue weighted by Gasteiger charge is 2.42. The predicted molar refractivity (Wildman–Crippen MR) is 104 cm³/mol. The van der Waals surface area contributed by atoms with Crippen LogP contribution in [0.1, 0.15) is 34.6 Å². The van der Waals surface area contributed by atoms with Crippen LogP contribution in [0, 0.1) is 6.92 Å². The van der Waals surface area contributed by atoms with Gasteiger partial charge in [-0.3, -0.25) is 9.59 Å². The summed E-state index contributed by atoms with van der Waals surface area (Å²) in [6.45, 7) is 3.85. The van der Waals surface area contributed by atoms with Crippen molar-refractivity contribution in [1.82, 2.24) is 9.88 Å². The molecule has 1 aromatic carbocycles. The molecule has 6 nitrogen and oxygen atoms in total. The molecule has 2 fully saturated rings. The number of likely N-dealkylation sites (tertiary alicyclic amines) is 1. The summed E-state index contributed by atoms with van der Waals surface area (Å²) in [7, 11) is 0. The number of thiazole rings is 1. The molecule has 1 atom stereocenters. The number of benzene rings is 1. The van der Waals surface area contributed by atoms with E-state index in [9.17, 15) is 9.59 Å². The van der Waals surface area contributed by atoms with Crippen LogP contribution >= 0.6 is 11.3 Å². The van der Waals surface area contributed by atoms with Crippen molar-refractivity contribution >= 4 is 28.8 Å². The molecule has 27 heavy (non-hydrogen) atoms. The van der Waals surface area contributed by atoms with Crippen LogP contribution in [0.4, 0.5) is 5.69 Å². The fraction of sp³-hybridized carbons (Fsp3) is 0.450. The van der Waals surface area contributed by atoms with Crippen molar-refractivity contribution in [2.45, 2.75) is 31.8 Å². The summed E-state index contributed by atoms with van der Waals surface area (Å²) in [5.41, 5.74) is 3.03. The van der Waals surface area contributed by atoms with E-state index in [0.717, 1.165) is 35.5 Å². The van der Waals surface area contributed by atoms with Crippen LogP contribution < -0.4 is 4.90 Å². The van der Waals surface area contributed by atoms with Gasteiger partial charge >= 0.3 is 0 Å². The summed E-state index contributed by atoms with van der Waals surface area (Å²) in [5, 5.41) is 0. The second-order valence-electron chi connectivity index (χ2n) is 7.20. The lowest BCUT2D eigenvalue weighted by Crippen LogP contribution is -2.55. The number of aryl methyl sites for hydroxylation is 1. The Balaban J connectivity index is 1.49. The number of rotatable bonds is 2. The minimum atomic E-state index is -0.387. The highest BCUT2D eigenvalue weighted by atomic mass is 32.1. The van der Waals surface area contributed by atoms with Gasteiger partial charge in [0.2, 0.25) is 0 Å². The minimum absolute atomic E-state index is 0.00992. The lowest BCUT2D eigenvalue weighted by atomic mass is 9.92. The Morgan fingerprint density at radius 1 is 1.22 bits per heavy atom. The highest BCUT2D eigenvalue weighted by Crippen LogP contribution is 2.33. The number of ether oxygens (including phenoxy) is 1. The van der Waals surface area contributed by atoms with E-state index in [-0.39, 0.29) is 24.0 Å². The number of hydrogen-bond acceptors (Lipinski definition) is 5. The van der Waals surface area contributed by atoms with E-state index in [2.05, 4.69) is 4.98 Å². The molecule has 0 aliphatic carbocycles. The monoisotopic (exact) mass is 385 g/mol. The van der Waals surface area contributed by atoms with E-state index >= 15 is 0 Å². The summed E-state index contributed by atoms with van der Waals surface area (Å²) in [6.07, 6.45) is 2.43. The van der Waals surface area contributed by atoms with Crippen LogP contribution in [0.2, 0.25) is 0 Å². The molecule has 1 aromatic heterocycles. The zero-order valence-corrected chi connectivity index (χ0v) is 16.2. The van der Waals surface area contributed by atoms with Crippen LogP contribution in [0.25, 0.3) is 0 Å². The standard InChI is InChI=1S/C20H23N3O3S/c1-15-18(27-14-21-15)19(25)22-10-5-8-20(9-11-22)13-23(17(24)12-26-20)16-6-3-2-4-7-16/h2-4,6-7,14H,5,8-13H2,1H3. The Bertz CT molecular complexity index is 838. The average molecular weight is 385 g/mol. The first-order valence-electron chi connectivity index (χ1n) is 9.27. The molecule has 7 heteroatoms. The smallest absolute Gasteiger partial charge is 0.265 e. The van der Waals surface area contributed by atoms with Gasteiger partial charge < -0.3 is 14.5 Å². The number of hydrogen-bond donors (Lipinski definition) is 0. The second kappa shape index (κ2) is 7.40. The molecular formula is C20H23N3O3S. The molecule has 2 saturated heterocycles. The van der Waals surface area contributed by atoms with Crippen LogP contribution in [0.15, 0.2) is 35.8 Å². The van der Waals surface area contributed by atoms with Gasteiger partial charge in [-0.25, -0.2) is 4.98 Å².